The van der Waals surface area contributed by atoms with Gasteiger partial charge in [-0.15, -0.1) is 0 Å². The van der Waals surface area contributed by atoms with Gasteiger partial charge in [-0.2, -0.15) is 0 Å². The van der Waals surface area contributed by atoms with E-state index < -0.39 is 0 Å². The monoisotopic (exact) mass is 350 g/mol. The molecule has 1 N–H and O–H groups in total. The number of aryl methyl sites for hydroxylation is 1. The second-order valence-corrected chi connectivity index (χ2v) is 7.95. The average molecular weight is 350 g/mol. The van der Waals surface area contributed by atoms with Crippen LogP contribution in [-0.2, 0) is 17.6 Å². The Bertz CT molecular complexity index is 796. The predicted molar refractivity (Wildman–Crippen MR) is 102 cm³/mol. The zero-order valence-electron chi connectivity index (χ0n) is 15.5. The number of benzene rings is 1. The number of hydrogen-bond donors (Lipinski definition) is 1. The van der Waals surface area contributed by atoms with Gasteiger partial charge < -0.3 is 10.2 Å². The van der Waals surface area contributed by atoms with Gasteiger partial charge in [0.05, 0.1) is 5.41 Å². The van der Waals surface area contributed by atoms with Crippen LogP contribution in [0.15, 0.2) is 36.7 Å². The number of rotatable bonds is 3. The van der Waals surface area contributed by atoms with Gasteiger partial charge in [-0.1, -0.05) is 24.3 Å². The van der Waals surface area contributed by atoms with Gasteiger partial charge in [-0.3, -0.25) is 4.79 Å². The molecule has 1 atom stereocenters. The van der Waals surface area contributed by atoms with Crippen molar-refractivity contribution >= 4 is 11.7 Å². The molecular formula is C21H26N4O. The summed E-state index contributed by atoms with van der Waals surface area (Å²) in [6.45, 7) is 5.70. The molecule has 1 fully saturated rings. The molecule has 4 rings (SSSR count). The first-order valence-corrected chi connectivity index (χ1v) is 9.45. The molecule has 136 valence electrons. The fraction of sp³-hybridized carbons (Fsp3) is 0.476. The Hall–Kier alpha value is -2.43. The Morgan fingerprint density at radius 3 is 2.65 bits per heavy atom. The minimum absolute atomic E-state index is 0.172. The predicted octanol–water partition coefficient (Wildman–Crippen LogP) is 2.68. The van der Waals surface area contributed by atoms with Crippen LogP contribution >= 0.6 is 0 Å². The summed E-state index contributed by atoms with van der Waals surface area (Å²) in [5.74, 6) is 1.09. The van der Waals surface area contributed by atoms with E-state index in [0.29, 0.717) is 6.54 Å². The SMILES string of the molecule is Cc1cc(N2CCC[C@@](C)(C(=O)NC3Cc4ccccc4C3)C2)ncn1. The summed E-state index contributed by atoms with van der Waals surface area (Å²) in [5.41, 5.74) is 3.30. The van der Waals surface area contributed by atoms with Crippen LogP contribution in [0, 0.1) is 12.3 Å². The molecule has 2 heterocycles. The second-order valence-electron chi connectivity index (χ2n) is 7.95. The maximum Gasteiger partial charge on any atom is 0.227 e. The quantitative estimate of drug-likeness (QED) is 0.925. The van der Waals surface area contributed by atoms with Crippen LogP contribution in [0.5, 0.6) is 0 Å². The van der Waals surface area contributed by atoms with Crippen LogP contribution in [0.2, 0.25) is 0 Å². The van der Waals surface area contributed by atoms with Crippen molar-refractivity contribution in [2.75, 3.05) is 18.0 Å². The number of aromatic nitrogens is 2. The zero-order chi connectivity index (χ0) is 18.1. The fourth-order valence-electron chi connectivity index (χ4n) is 4.25. The molecule has 0 bridgehead atoms. The molecule has 2 aromatic rings. The topological polar surface area (TPSA) is 58.1 Å². The zero-order valence-corrected chi connectivity index (χ0v) is 15.5. The van der Waals surface area contributed by atoms with Gasteiger partial charge in [0, 0.05) is 30.9 Å². The van der Waals surface area contributed by atoms with Crippen LogP contribution in [0.25, 0.3) is 0 Å². The molecule has 1 aromatic carbocycles. The van der Waals surface area contributed by atoms with Gasteiger partial charge in [0.1, 0.15) is 12.1 Å². The number of piperidine rings is 1. The van der Waals surface area contributed by atoms with E-state index in [0.717, 1.165) is 43.7 Å². The maximum atomic E-state index is 13.1. The number of amides is 1. The van der Waals surface area contributed by atoms with Crippen molar-refractivity contribution < 1.29 is 4.79 Å². The molecule has 1 aliphatic carbocycles. The molecule has 0 radical (unpaired) electrons. The van der Waals surface area contributed by atoms with Crippen molar-refractivity contribution in [3.05, 3.63) is 53.5 Å². The van der Waals surface area contributed by atoms with E-state index in [2.05, 4.69) is 51.4 Å². The molecule has 2 aliphatic rings. The Morgan fingerprint density at radius 2 is 1.96 bits per heavy atom. The summed E-state index contributed by atoms with van der Waals surface area (Å²) >= 11 is 0. The van der Waals surface area contributed by atoms with Crippen LogP contribution in [-0.4, -0.2) is 35.0 Å². The number of nitrogens with zero attached hydrogens (tertiary/aromatic N) is 3. The minimum atomic E-state index is -0.383. The van der Waals surface area contributed by atoms with Crippen LogP contribution in [0.4, 0.5) is 5.82 Å². The molecule has 5 nitrogen and oxygen atoms in total. The second kappa shape index (κ2) is 6.71. The lowest BCUT2D eigenvalue weighted by atomic mass is 9.80. The van der Waals surface area contributed by atoms with Crippen LogP contribution < -0.4 is 10.2 Å². The summed E-state index contributed by atoms with van der Waals surface area (Å²) in [7, 11) is 0. The molecule has 1 aromatic heterocycles. The highest BCUT2D eigenvalue weighted by molar-refractivity contribution is 5.83. The molecule has 0 saturated carbocycles. The number of nitrogens with one attached hydrogen (secondary N) is 1. The Balaban J connectivity index is 1.44. The first-order chi connectivity index (χ1) is 12.5. The van der Waals surface area contributed by atoms with E-state index in [1.165, 1.54) is 11.1 Å². The highest BCUT2D eigenvalue weighted by Crippen LogP contribution is 2.33. The van der Waals surface area contributed by atoms with Gasteiger partial charge in [-0.05, 0) is 50.7 Å². The molecule has 5 heteroatoms. The normalized spacial score (nSPS) is 22.9. The van der Waals surface area contributed by atoms with Crippen molar-refractivity contribution in [3.63, 3.8) is 0 Å². The van der Waals surface area contributed by atoms with E-state index in [1.54, 1.807) is 6.33 Å². The highest BCUT2D eigenvalue weighted by atomic mass is 16.2. The summed E-state index contributed by atoms with van der Waals surface area (Å²) in [4.78, 5) is 23.9. The molecular weight excluding hydrogens is 324 g/mol. The first-order valence-electron chi connectivity index (χ1n) is 9.45. The maximum absolute atomic E-state index is 13.1. The Labute approximate surface area is 154 Å². The van der Waals surface area contributed by atoms with Crippen molar-refractivity contribution in [1.29, 1.82) is 0 Å². The Kier molecular flexibility index (Phi) is 4.39. The van der Waals surface area contributed by atoms with Gasteiger partial charge in [0.25, 0.3) is 0 Å². The number of carbonyl (C=O) groups is 1. The van der Waals surface area contributed by atoms with Crippen LogP contribution in [0.3, 0.4) is 0 Å². The smallest absolute Gasteiger partial charge is 0.227 e. The summed E-state index contributed by atoms with van der Waals surface area (Å²) in [5, 5.41) is 3.32. The molecule has 1 amide bonds. The lowest BCUT2D eigenvalue weighted by Gasteiger charge is -2.40. The highest BCUT2D eigenvalue weighted by Gasteiger charge is 2.39. The third-order valence-electron chi connectivity index (χ3n) is 5.74. The third kappa shape index (κ3) is 3.30. The van der Waals surface area contributed by atoms with Gasteiger partial charge in [0.15, 0.2) is 0 Å². The molecule has 0 spiro atoms. The summed E-state index contributed by atoms with van der Waals surface area (Å²) in [6, 6.07) is 10.7. The molecule has 1 aliphatic heterocycles. The Morgan fingerprint density at radius 1 is 1.23 bits per heavy atom. The molecule has 0 unspecified atom stereocenters. The van der Waals surface area contributed by atoms with E-state index in [1.807, 2.05) is 13.0 Å². The summed E-state index contributed by atoms with van der Waals surface area (Å²) in [6.07, 6.45) is 5.39. The van der Waals surface area contributed by atoms with E-state index in [4.69, 9.17) is 0 Å². The fourth-order valence-corrected chi connectivity index (χ4v) is 4.25. The number of fused-ring (bicyclic) bond motifs is 1. The number of carbonyl (C=O) groups excluding carboxylic acids is 1. The van der Waals surface area contributed by atoms with Gasteiger partial charge in [0.2, 0.25) is 5.91 Å². The van der Waals surface area contributed by atoms with Crippen molar-refractivity contribution in [2.45, 2.75) is 45.6 Å². The molecule has 26 heavy (non-hydrogen) atoms. The third-order valence-corrected chi connectivity index (χ3v) is 5.74. The van der Waals surface area contributed by atoms with Gasteiger partial charge >= 0.3 is 0 Å². The number of anilines is 1. The van der Waals surface area contributed by atoms with Crippen molar-refractivity contribution in [1.82, 2.24) is 15.3 Å². The van der Waals surface area contributed by atoms with E-state index in [-0.39, 0.29) is 17.4 Å². The van der Waals surface area contributed by atoms with Crippen molar-refractivity contribution in [2.24, 2.45) is 5.41 Å². The van der Waals surface area contributed by atoms with Gasteiger partial charge in [-0.25, -0.2) is 9.97 Å². The van der Waals surface area contributed by atoms with E-state index >= 15 is 0 Å². The average Bonchev–Trinajstić information content (AvgIpc) is 3.04. The first kappa shape index (κ1) is 17.0. The summed E-state index contributed by atoms with van der Waals surface area (Å²) < 4.78 is 0. The van der Waals surface area contributed by atoms with Crippen LogP contribution in [0.1, 0.15) is 36.6 Å². The minimum Gasteiger partial charge on any atom is -0.355 e. The largest absolute Gasteiger partial charge is 0.355 e. The number of hydrogen-bond acceptors (Lipinski definition) is 4. The van der Waals surface area contributed by atoms with E-state index in [9.17, 15) is 4.79 Å². The lowest BCUT2D eigenvalue weighted by Crippen LogP contribution is -2.52. The standard InChI is InChI=1S/C21H26N4O/c1-15-10-19(23-14-22-15)25-9-5-8-21(2,13-25)20(26)24-18-11-16-6-3-4-7-17(16)12-18/h3-4,6-7,10,14,18H,5,8-9,11-13H2,1-2H3,(H,24,26)/t21-/m1/s1. The lowest BCUT2D eigenvalue weighted by molar-refractivity contribution is -0.131. The van der Waals surface area contributed by atoms with Crippen molar-refractivity contribution in [3.8, 4) is 0 Å². The molecule has 1 saturated heterocycles.